The molecule has 14 heavy (non-hydrogen) atoms. The highest BCUT2D eigenvalue weighted by atomic mass is 32.2. The molecule has 2 bridgehead atoms. The summed E-state index contributed by atoms with van der Waals surface area (Å²) in [6.45, 7) is 0. The van der Waals surface area contributed by atoms with Crippen LogP contribution in [0.4, 0.5) is 0 Å². The lowest BCUT2D eigenvalue weighted by atomic mass is 9.99. The number of rotatable bonds is 1. The van der Waals surface area contributed by atoms with Crippen molar-refractivity contribution in [3.8, 4) is 0 Å². The summed E-state index contributed by atoms with van der Waals surface area (Å²) in [5.74, 6) is 0. The Labute approximate surface area is 93.1 Å². The Balaban J connectivity index is 1.90. The highest BCUT2D eigenvalue weighted by Gasteiger charge is 2.46. The van der Waals surface area contributed by atoms with Gasteiger partial charge in [0, 0.05) is 17.0 Å². The minimum absolute atomic E-state index is 0.646. The highest BCUT2D eigenvalue weighted by Crippen LogP contribution is 2.43. The van der Waals surface area contributed by atoms with Crippen molar-refractivity contribution in [2.75, 3.05) is 0 Å². The Morgan fingerprint density at radius 2 is 1.71 bits per heavy atom. The van der Waals surface area contributed by atoms with Crippen LogP contribution in [-0.2, 0) is 10.9 Å². The van der Waals surface area contributed by atoms with E-state index in [4.69, 9.17) is 0 Å². The van der Waals surface area contributed by atoms with Crippen molar-refractivity contribution in [2.45, 2.75) is 53.2 Å². The fourth-order valence-corrected chi connectivity index (χ4v) is 7.94. The largest absolute Gasteiger partial charge is 0.209 e. The lowest BCUT2D eigenvalue weighted by Gasteiger charge is -2.33. The van der Waals surface area contributed by atoms with Gasteiger partial charge in [0.05, 0.1) is 0 Å². The Hall–Kier alpha value is 0.0500. The second kappa shape index (κ2) is 3.90. The molecular weight excluding hydrogens is 208 g/mol. The van der Waals surface area contributed by atoms with E-state index in [0.717, 1.165) is 10.5 Å². The summed E-state index contributed by atoms with van der Waals surface area (Å²) in [6.07, 6.45) is 9.05. The summed E-state index contributed by atoms with van der Waals surface area (Å²) >= 11 is 2.00. The molecule has 76 valence electrons. The van der Waals surface area contributed by atoms with Gasteiger partial charge in [-0.05, 0) is 50.0 Å². The van der Waals surface area contributed by atoms with Crippen LogP contribution in [0.15, 0.2) is 21.7 Å². The maximum atomic E-state index is 2.38. The van der Waals surface area contributed by atoms with Crippen molar-refractivity contribution in [2.24, 2.45) is 0 Å². The second-order valence-electron chi connectivity index (χ2n) is 4.41. The minimum Gasteiger partial charge on any atom is -0.0945 e. The average Bonchev–Trinajstić information content (AvgIpc) is 2.69. The summed E-state index contributed by atoms with van der Waals surface area (Å²) < 4.78 is 1.71. The van der Waals surface area contributed by atoms with E-state index in [1.54, 1.807) is 4.21 Å². The number of hydrogen-bond acceptors (Lipinski definition) is 1. The SMILES string of the molecule is c1csc([S+]2C3CCCC2CCC3)c1. The van der Waals surface area contributed by atoms with Gasteiger partial charge in [-0.1, -0.05) is 11.3 Å². The lowest BCUT2D eigenvalue weighted by molar-refractivity contribution is 0.482. The molecule has 2 heteroatoms. The monoisotopic (exact) mass is 225 g/mol. The maximum absolute atomic E-state index is 2.38. The zero-order valence-electron chi connectivity index (χ0n) is 8.45. The quantitative estimate of drug-likeness (QED) is 0.637. The molecule has 0 atom stereocenters. The first-order chi connectivity index (χ1) is 6.95. The van der Waals surface area contributed by atoms with Gasteiger partial charge in [-0.15, -0.1) is 0 Å². The first kappa shape index (κ1) is 9.29. The van der Waals surface area contributed by atoms with Gasteiger partial charge in [-0.3, -0.25) is 0 Å². The van der Waals surface area contributed by atoms with Crippen LogP contribution in [0.5, 0.6) is 0 Å². The minimum atomic E-state index is 0.646. The van der Waals surface area contributed by atoms with Crippen molar-refractivity contribution in [3.05, 3.63) is 17.5 Å². The van der Waals surface area contributed by atoms with E-state index in [-0.39, 0.29) is 0 Å². The first-order valence-electron chi connectivity index (χ1n) is 5.70. The molecule has 0 amide bonds. The molecule has 0 radical (unpaired) electrons. The van der Waals surface area contributed by atoms with Crippen LogP contribution in [0.2, 0.25) is 0 Å². The van der Waals surface area contributed by atoms with E-state index < -0.39 is 0 Å². The van der Waals surface area contributed by atoms with E-state index in [1.807, 2.05) is 11.3 Å². The summed E-state index contributed by atoms with van der Waals surface area (Å²) in [5, 5.41) is 4.37. The molecule has 1 aromatic heterocycles. The van der Waals surface area contributed by atoms with E-state index in [1.165, 1.54) is 38.5 Å². The van der Waals surface area contributed by atoms with Gasteiger partial charge in [-0.25, -0.2) is 0 Å². The Bertz CT molecular complexity index is 269. The van der Waals surface area contributed by atoms with Gasteiger partial charge in [0.25, 0.3) is 0 Å². The molecule has 2 saturated heterocycles. The molecule has 0 N–H and O–H groups in total. The normalized spacial score (nSPS) is 37.0. The Kier molecular flexibility index (Phi) is 2.59. The van der Waals surface area contributed by atoms with Crippen molar-refractivity contribution in [3.63, 3.8) is 0 Å². The summed E-state index contributed by atoms with van der Waals surface area (Å²) in [4.78, 5) is 0. The number of fused-ring (bicyclic) bond motifs is 2. The molecule has 0 spiro atoms. The van der Waals surface area contributed by atoms with Gasteiger partial charge in [0.15, 0.2) is 0 Å². The summed E-state index contributed by atoms with van der Waals surface area (Å²) in [5.41, 5.74) is 0. The zero-order valence-corrected chi connectivity index (χ0v) is 10.1. The van der Waals surface area contributed by atoms with Crippen LogP contribution in [0.25, 0.3) is 0 Å². The van der Waals surface area contributed by atoms with Crippen LogP contribution in [-0.4, -0.2) is 10.5 Å². The Morgan fingerprint density at radius 3 is 2.21 bits per heavy atom. The van der Waals surface area contributed by atoms with Crippen molar-refractivity contribution < 1.29 is 0 Å². The van der Waals surface area contributed by atoms with E-state index >= 15 is 0 Å². The van der Waals surface area contributed by atoms with Crippen LogP contribution < -0.4 is 0 Å². The molecule has 0 unspecified atom stereocenters. The smallest absolute Gasteiger partial charge is 0.0945 e. The standard InChI is InChI=1S/C12H17S2/c1-4-10-6-2-7-11(5-1)14(10)12-8-3-9-13-12/h3,8-11H,1-2,4-7H2/q+1. The average molecular weight is 225 g/mol. The predicted octanol–water partition coefficient (Wildman–Crippen LogP) is 3.83. The Morgan fingerprint density at radius 1 is 1.07 bits per heavy atom. The fourth-order valence-electron chi connectivity index (χ4n) is 2.94. The molecule has 0 aromatic carbocycles. The molecule has 0 saturated carbocycles. The van der Waals surface area contributed by atoms with Crippen molar-refractivity contribution in [1.29, 1.82) is 0 Å². The zero-order chi connectivity index (χ0) is 9.38. The van der Waals surface area contributed by atoms with Crippen molar-refractivity contribution in [1.82, 2.24) is 0 Å². The first-order valence-corrected chi connectivity index (χ1v) is 7.93. The third kappa shape index (κ3) is 1.53. The molecule has 2 aliphatic heterocycles. The maximum Gasteiger partial charge on any atom is 0.209 e. The summed E-state index contributed by atoms with van der Waals surface area (Å²) in [6, 6.07) is 4.61. The van der Waals surface area contributed by atoms with Gasteiger partial charge < -0.3 is 0 Å². The molecule has 2 fully saturated rings. The molecule has 1 aromatic rings. The molecular formula is C12H17S2+. The van der Waals surface area contributed by atoms with Gasteiger partial charge in [0.1, 0.15) is 10.5 Å². The van der Waals surface area contributed by atoms with E-state index in [0.29, 0.717) is 10.9 Å². The third-order valence-corrected chi connectivity index (χ3v) is 8.06. The third-order valence-electron chi connectivity index (χ3n) is 3.55. The van der Waals surface area contributed by atoms with Crippen LogP contribution in [0.3, 0.4) is 0 Å². The van der Waals surface area contributed by atoms with Crippen LogP contribution in [0, 0.1) is 0 Å². The summed E-state index contributed by atoms with van der Waals surface area (Å²) in [7, 11) is 0.646. The highest BCUT2D eigenvalue weighted by molar-refractivity contribution is 7.99. The van der Waals surface area contributed by atoms with Crippen LogP contribution in [0.1, 0.15) is 38.5 Å². The topological polar surface area (TPSA) is 0 Å². The number of thiophene rings is 1. The van der Waals surface area contributed by atoms with Gasteiger partial charge in [-0.2, -0.15) is 0 Å². The molecule has 0 nitrogen and oxygen atoms in total. The van der Waals surface area contributed by atoms with Gasteiger partial charge >= 0.3 is 0 Å². The van der Waals surface area contributed by atoms with Crippen LogP contribution >= 0.6 is 11.3 Å². The number of hydrogen-bond donors (Lipinski definition) is 0. The van der Waals surface area contributed by atoms with Crippen molar-refractivity contribution >= 4 is 22.2 Å². The molecule has 2 aliphatic rings. The lowest BCUT2D eigenvalue weighted by Crippen LogP contribution is -2.39. The van der Waals surface area contributed by atoms with E-state index in [9.17, 15) is 0 Å². The molecule has 3 heterocycles. The fraction of sp³-hybridized carbons (Fsp3) is 0.667. The van der Waals surface area contributed by atoms with Gasteiger partial charge in [0.2, 0.25) is 4.21 Å². The second-order valence-corrected chi connectivity index (χ2v) is 8.13. The molecule has 3 rings (SSSR count). The predicted molar refractivity (Wildman–Crippen MR) is 65.2 cm³/mol. The van der Waals surface area contributed by atoms with E-state index in [2.05, 4.69) is 17.5 Å². The molecule has 0 aliphatic carbocycles.